The summed E-state index contributed by atoms with van der Waals surface area (Å²) in [6.45, 7) is 4.98. The monoisotopic (exact) mass is 377 g/mol. The molecule has 0 bridgehead atoms. The van der Waals surface area contributed by atoms with Gasteiger partial charge in [-0.1, -0.05) is 18.2 Å². The number of nitrogens with zero attached hydrogens (tertiary/aromatic N) is 3. The molecular weight excluding hydrogens is 354 g/mol. The number of pyridine rings is 1. The van der Waals surface area contributed by atoms with E-state index in [1.54, 1.807) is 12.3 Å². The van der Waals surface area contributed by atoms with Crippen LogP contribution < -0.4 is 21.3 Å². The number of carbonyl (C=O) groups excluding carboxylic acids is 1. The normalized spacial score (nSPS) is 10.2. The van der Waals surface area contributed by atoms with Gasteiger partial charge < -0.3 is 21.3 Å². The van der Waals surface area contributed by atoms with Gasteiger partial charge in [0.1, 0.15) is 23.8 Å². The highest BCUT2D eigenvalue weighted by atomic mass is 16.2. The number of hydrogen-bond acceptors (Lipinski definition) is 6. The van der Waals surface area contributed by atoms with Crippen molar-refractivity contribution >= 4 is 29.2 Å². The van der Waals surface area contributed by atoms with Crippen molar-refractivity contribution < 1.29 is 4.79 Å². The molecule has 8 nitrogen and oxygen atoms in total. The summed E-state index contributed by atoms with van der Waals surface area (Å²) in [6.07, 6.45) is 3.17. The van der Waals surface area contributed by atoms with E-state index in [9.17, 15) is 4.79 Å². The number of aryl methyl sites for hydroxylation is 1. The molecule has 1 aromatic carbocycles. The third-order valence-electron chi connectivity index (χ3n) is 4.16. The van der Waals surface area contributed by atoms with E-state index in [1.165, 1.54) is 6.33 Å². The molecule has 4 N–H and O–H groups in total. The molecule has 2 amide bonds. The van der Waals surface area contributed by atoms with Gasteiger partial charge in [-0.05, 0) is 43.2 Å². The van der Waals surface area contributed by atoms with Crippen LogP contribution in [0.4, 0.5) is 27.9 Å². The van der Waals surface area contributed by atoms with Crippen LogP contribution in [0.15, 0.2) is 55.0 Å². The zero-order chi connectivity index (χ0) is 19.8. The lowest BCUT2D eigenvalue weighted by molar-refractivity contribution is 0.252. The third kappa shape index (κ3) is 5.41. The van der Waals surface area contributed by atoms with Crippen LogP contribution in [-0.4, -0.2) is 34.1 Å². The molecule has 3 aromatic rings. The first-order valence-corrected chi connectivity index (χ1v) is 8.97. The Hall–Kier alpha value is -3.68. The van der Waals surface area contributed by atoms with Gasteiger partial charge in [-0.3, -0.25) is 0 Å². The average molecular weight is 377 g/mol. The summed E-state index contributed by atoms with van der Waals surface area (Å²) in [6, 6.07) is 13.0. The highest BCUT2D eigenvalue weighted by molar-refractivity contribution is 5.90. The maximum atomic E-state index is 12.1. The minimum Gasteiger partial charge on any atom is -0.368 e. The third-order valence-corrected chi connectivity index (χ3v) is 4.16. The molecule has 0 atom stereocenters. The van der Waals surface area contributed by atoms with Gasteiger partial charge in [-0.15, -0.1) is 0 Å². The summed E-state index contributed by atoms with van der Waals surface area (Å²) in [5.41, 5.74) is 3.01. The summed E-state index contributed by atoms with van der Waals surface area (Å²) in [5.74, 6) is 2.00. The molecule has 2 heterocycles. The van der Waals surface area contributed by atoms with Crippen molar-refractivity contribution in [2.24, 2.45) is 0 Å². The van der Waals surface area contributed by atoms with E-state index in [2.05, 4.69) is 36.2 Å². The molecule has 0 aliphatic heterocycles. The second-order valence-corrected chi connectivity index (χ2v) is 6.18. The van der Waals surface area contributed by atoms with Crippen molar-refractivity contribution in [1.29, 1.82) is 0 Å². The minimum atomic E-state index is -0.240. The van der Waals surface area contributed by atoms with E-state index in [0.29, 0.717) is 30.5 Å². The summed E-state index contributed by atoms with van der Waals surface area (Å²) in [7, 11) is 0. The fourth-order valence-electron chi connectivity index (χ4n) is 2.51. The van der Waals surface area contributed by atoms with Crippen LogP contribution in [0.2, 0.25) is 0 Å². The van der Waals surface area contributed by atoms with E-state index in [0.717, 1.165) is 16.8 Å². The molecule has 144 valence electrons. The van der Waals surface area contributed by atoms with Crippen molar-refractivity contribution in [3.05, 3.63) is 66.1 Å². The largest absolute Gasteiger partial charge is 0.368 e. The maximum absolute atomic E-state index is 12.1. The second kappa shape index (κ2) is 9.31. The number of rotatable bonds is 7. The second-order valence-electron chi connectivity index (χ2n) is 6.18. The number of anilines is 4. The van der Waals surface area contributed by atoms with Crippen LogP contribution in [0.3, 0.4) is 0 Å². The molecule has 0 aliphatic rings. The summed E-state index contributed by atoms with van der Waals surface area (Å²) < 4.78 is 0. The molecule has 0 unspecified atom stereocenters. The van der Waals surface area contributed by atoms with Gasteiger partial charge in [0.25, 0.3) is 0 Å². The van der Waals surface area contributed by atoms with Crippen LogP contribution in [0.1, 0.15) is 11.1 Å². The number of aromatic nitrogens is 3. The van der Waals surface area contributed by atoms with Crippen LogP contribution in [0.25, 0.3) is 0 Å². The van der Waals surface area contributed by atoms with Crippen molar-refractivity contribution in [3.8, 4) is 0 Å². The summed E-state index contributed by atoms with van der Waals surface area (Å²) >= 11 is 0. The lowest BCUT2D eigenvalue weighted by atomic mass is 10.1. The van der Waals surface area contributed by atoms with Crippen molar-refractivity contribution in [2.75, 3.05) is 29.0 Å². The SMILES string of the molecule is Cc1cccc(NC(=O)NCCNc2cc(Nc3ccccn3)ncn2)c1C. The van der Waals surface area contributed by atoms with Crippen LogP contribution in [0.5, 0.6) is 0 Å². The predicted octanol–water partition coefficient (Wildman–Crippen LogP) is 3.47. The van der Waals surface area contributed by atoms with E-state index in [1.807, 2.05) is 50.2 Å². The quantitative estimate of drug-likeness (QED) is 0.470. The van der Waals surface area contributed by atoms with Crippen LogP contribution in [0, 0.1) is 13.8 Å². The number of urea groups is 1. The maximum Gasteiger partial charge on any atom is 0.319 e. The Labute approximate surface area is 163 Å². The molecule has 28 heavy (non-hydrogen) atoms. The van der Waals surface area contributed by atoms with Gasteiger partial charge >= 0.3 is 6.03 Å². The molecule has 0 aliphatic carbocycles. The van der Waals surface area contributed by atoms with Gasteiger partial charge in [0.05, 0.1) is 0 Å². The number of nitrogens with one attached hydrogen (secondary N) is 4. The number of hydrogen-bond donors (Lipinski definition) is 4. The van der Waals surface area contributed by atoms with Gasteiger partial charge in [0.15, 0.2) is 0 Å². The van der Waals surface area contributed by atoms with Crippen LogP contribution >= 0.6 is 0 Å². The molecule has 3 rings (SSSR count). The smallest absolute Gasteiger partial charge is 0.319 e. The molecule has 0 saturated heterocycles. The van der Waals surface area contributed by atoms with Crippen molar-refractivity contribution in [2.45, 2.75) is 13.8 Å². The van der Waals surface area contributed by atoms with Gasteiger partial charge in [0.2, 0.25) is 0 Å². The number of amides is 2. The molecule has 8 heteroatoms. The Balaban J connectivity index is 1.44. The Morgan fingerprint density at radius 1 is 0.929 bits per heavy atom. The highest BCUT2D eigenvalue weighted by Gasteiger charge is 2.05. The minimum absolute atomic E-state index is 0.240. The van der Waals surface area contributed by atoms with Gasteiger partial charge in [-0.25, -0.2) is 19.7 Å². The summed E-state index contributed by atoms with van der Waals surface area (Å²) in [4.78, 5) is 24.6. The predicted molar refractivity (Wildman–Crippen MR) is 111 cm³/mol. The fraction of sp³-hybridized carbons (Fsp3) is 0.200. The average Bonchev–Trinajstić information content (AvgIpc) is 2.70. The number of benzene rings is 1. The van der Waals surface area contributed by atoms with E-state index in [-0.39, 0.29) is 6.03 Å². The molecule has 0 spiro atoms. The Kier molecular flexibility index (Phi) is 6.35. The first-order valence-electron chi connectivity index (χ1n) is 8.97. The standard InChI is InChI=1S/C20H23N7O/c1-14-6-5-7-16(15(14)2)26-20(28)23-11-10-22-18-12-19(25-13-24-18)27-17-8-3-4-9-21-17/h3-9,12-13H,10-11H2,1-2H3,(H2,23,26,28)(H2,21,22,24,25,27). The zero-order valence-corrected chi connectivity index (χ0v) is 15.9. The Morgan fingerprint density at radius 3 is 2.61 bits per heavy atom. The molecule has 0 radical (unpaired) electrons. The molecule has 0 fully saturated rings. The van der Waals surface area contributed by atoms with Gasteiger partial charge in [-0.2, -0.15) is 0 Å². The van der Waals surface area contributed by atoms with E-state index >= 15 is 0 Å². The van der Waals surface area contributed by atoms with Crippen molar-refractivity contribution in [3.63, 3.8) is 0 Å². The lowest BCUT2D eigenvalue weighted by Gasteiger charge is -2.12. The molecular formula is C20H23N7O. The molecule has 0 saturated carbocycles. The zero-order valence-electron chi connectivity index (χ0n) is 15.9. The van der Waals surface area contributed by atoms with E-state index < -0.39 is 0 Å². The Morgan fingerprint density at radius 2 is 1.79 bits per heavy atom. The fourth-order valence-corrected chi connectivity index (χ4v) is 2.51. The summed E-state index contributed by atoms with van der Waals surface area (Å²) in [5, 5.41) is 12.0. The number of carbonyl (C=O) groups is 1. The topological polar surface area (TPSA) is 104 Å². The molecule has 2 aromatic heterocycles. The van der Waals surface area contributed by atoms with E-state index in [4.69, 9.17) is 0 Å². The highest BCUT2D eigenvalue weighted by Crippen LogP contribution is 2.17. The first kappa shape index (κ1) is 19.1. The Bertz CT molecular complexity index is 931. The van der Waals surface area contributed by atoms with Crippen LogP contribution in [-0.2, 0) is 0 Å². The van der Waals surface area contributed by atoms with Crippen molar-refractivity contribution in [1.82, 2.24) is 20.3 Å². The first-order chi connectivity index (χ1) is 13.6. The lowest BCUT2D eigenvalue weighted by Crippen LogP contribution is -2.33. The van der Waals surface area contributed by atoms with Gasteiger partial charge in [0, 0.05) is 31.0 Å².